The van der Waals surface area contributed by atoms with Crippen LogP contribution >= 0.6 is 0 Å². The third kappa shape index (κ3) is 3.06. The maximum absolute atomic E-state index is 12.4. The van der Waals surface area contributed by atoms with Crippen LogP contribution in [0.5, 0.6) is 0 Å². The van der Waals surface area contributed by atoms with Crippen LogP contribution in [0.4, 0.5) is 5.82 Å². The second kappa shape index (κ2) is 6.38. The lowest BCUT2D eigenvalue weighted by atomic mass is 10.1. The molecule has 5 rings (SSSR count). The van der Waals surface area contributed by atoms with Gasteiger partial charge in [-0.15, -0.1) is 0 Å². The van der Waals surface area contributed by atoms with E-state index in [4.69, 9.17) is 4.74 Å². The zero-order chi connectivity index (χ0) is 18.4. The Balaban J connectivity index is 1.49. The largest absolute Gasteiger partial charge is 0.377 e. The molecule has 138 valence electrons. The number of ether oxygens (including phenoxy) is 1. The van der Waals surface area contributed by atoms with Crippen molar-refractivity contribution in [2.75, 3.05) is 18.5 Å². The first-order valence-electron chi connectivity index (χ1n) is 9.21. The maximum Gasteiger partial charge on any atom is 0.267 e. The molecule has 8 nitrogen and oxygen atoms in total. The average Bonchev–Trinajstić information content (AvgIpc) is 3.42. The summed E-state index contributed by atoms with van der Waals surface area (Å²) in [5.74, 6) is 1.89. The summed E-state index contributed by atoms with van der Waals surface area (Å²) in [5.41, 5.74) is 1.68. The lowest BCUT2D eigenvalue weighted by Gasteiger charge is -2.22. The molecule has 0 amide bonds. The van der Waals surface area contributed by atoms with Gasteiger partial charge >= 0.3 is 0 Å². The summed E-state index contributed by atoms with van der Waals surface area (Å²) in [4.78, 5) is 25.6. The summed E-state index contributed by atoms with van der Waals surface area (Å²) in [5, 5.41) is 8.99. The van der Waals surface area contributed by atoms with Crippen molar-refractivity contribution in [3.05, 3.63) is 52.5 Å². The van der Waals surface area contributed by atoms with E-state index in [0.717, 1.165) is 35.3 Å². The van der Waals surface area contributed by atoms with Gasteiger partial charge in [-0.3, -0.25) is 9.78 Å². The number of rotatable bonds is 4. The predicted octanol–water partition coefficient (Wildman–Crippen LogP) is 1.82. The molecule has 1 saturated heterocycles. The molecule has 3 aromatic heterocycles. The second-order valence-electron chi connectivity index (χ2n) is 7.18. The van der Waals surface area contributed by atoms with Crippen LogP contribution in [-0.4, -0.2) is 44.0 Å². The maximum atomic E-state index is 12.4. The van der Waals surface area contributed by atoms with Crippen LogP contribution in [0.1, 0.15) is 36.3 Å². The van der Waals surface area contributed by atoms with Gasteiger partial charge in [0.25, 0.3) is 5.56 Å². The van der Waals surface area contributed by atoms with E-state index < -0.39 is 0 Å². The van der Waals surface area contributed by atoms with Gasteiger partial charge < -0.3 is 10.1 Å². The van der Waals surface area contributed by atoms with Gasteiger partial charge in [0.2, 0.25) is 0 Å². The molecule has 2 fully saturated rings. The van der Waals surface area contributed by atoms with Crippen LogP contribution in [0, 0.1) is 6.92 Å². The quantitative estimate of drug-likeness (QED) is 0.754. The van der Waals surface area contributed by atoms with E-state index in [1.807, 2.05) is 19.1 Å². The Hall–Kier alpha value is -2.87. The summed E-state index contributed by atoms with van der Waals surface area (Å²) < 4.78 is 7.27. The Kier molecular flexibility index (Phi) is 3.86. The van der Waals surface area contributed by atoms with Crippen molar-refractivity contribution in [2.45, 2.75) is 37.8 Å². The Morgan fingerprint density at radius 1 is 1.19 bits per heavy atom. The lowest BCUT2D eigenvalue weighted by molar-refractivity contribution is 0.182. The Bertz CT molecular complexity index is 1060. The number of nitrogens with one attached hydrogen (secondary N) is 1. The van der Waals surface area contributed by atoms with Gasteiger partial charge in [-0.1, -0.05) is 0 Å². The molecule has 2 aliphatic rings. The Morgan fingerprint density at radius 3 is 2.93 bits per heavy atom. The molecule has 0 spiro atoms. The van der Waals surface area contributed by atoms with Crippen molar-refractivity contribution in [3.63, 3.8) is 0 Å². The minimum atomic E-state index is -0.177. The van der Waals surface area contributed by atoms with Crippen LogP contribution in [0.2, 0.25) is 0 Å². The summed E-state index contributed by atoms with van der Waals surface area (Å²) in [7, 11) is 0. The van der Waals surface area contributed by atoms with Gasteiger partial charge in [-0.2, -0.15) is 5.10 Å². The summed E-state index contributed by atoms with van der Waals surface area (Å²) in [6.45, 7) is 2.79. The van der Waals surface area contributed by atoms with Gasteiger partial charge in [0, 0.05) is 23.6 Å². The molecule has 1 N–H and O–H groups in total. The number of nitrogens with zero attached hydrogens (tertiary/aromatic N) is 5. The van der Waals surface area contributed by atoms with E-state index in [2.05, 4.69) is 25.4 Å². The SMILES string of the molecule is Cc1nc(NC2COCC2n2nc(C3CC3)ccc2=O)c2ccncc2n1. The highest BCUT2D eigenvalue weighted by Gasteiger charge is 2.33. The highest BCUT2D eigenvalue weighted by Crippen LogP contribution is 2.38. The average molecular weight is 364 g/mol. The lowest BCUT2D eigenvalue weighted by Crippen LogP contribution is -2.37. The van der Waals surface area contributed by atoms with Gasteiger partial charge in [0.05, 0.1) is 36.7 Å². The van der Waals surface area contributed by atoms with Crippen molar-refractivity contribution in [1.82, 2.24) is 24.7 Å². The summed E-state index contributed by atoms with van der Waals surface area (Å²) in [6, 6.07) is 5.08. The molecule has 4 heterocycles. The van der Waals surface area contributed by atoms with Gasteiger partial charge in [0.1, 0.15) is 17.7 Å². The first-order valence-corrected chi connectivity index (χ1v) is 9.21. The fourth-order valence-corrected chi connectivity index (χ4v) is 3.58. The van der Waals surface area contributed by atoms with Crippen LogP contribution in [0.3, 0.4) is 0 Å². The minimum absolute atomic E-state index is 0.102. The van der Waals surface area contributed by atoms with Gasteiger partial charge in [-0.05, 0) is 31.9 Å². The van der Waals surface area contributed by atoms with Crippen LogP contribution in [0.15, 0.2) is 35.4 Å². The predicted molar refractivity (Wildman–Crippen MR) is 99.8 cm³/mol. The van der Waals surface area contributed by atoms with E-state index in [9.17, 15) is 4.79 Å². The molecule has 8 heteroatoms. The highest BCUT2D eigenvalue weighted by atomic mass is 16.5. The van der Waals surface area contributed by atoms with E-state index >= 15 is 0 Å². The van der Waals surface area contributed by atoms with Gasteiger partial charge in [0.15, 0.2) is 0 Å². The second-order valence-corrected chi connectivity index (χ2v) is 7.18. The molecule has 2 atom stereocenters. The molecule has 1 aliphatic heterocycles. The zero-order valence-electron chi connectivity index (χ0n) is 15.0. The van der Waals surface area contributed by atoms with Crippen molar-refractivity contribution in [1.29, 1.82) is 0 Å². The molecule has 1 saturated carbocycles. The molecule has 1 aliphatic carbocycles. The molecule has 3 aromatic rings. The fraction of sp³-hybridized carbons (Fsp3) is 0.421. The Morgan fingerprint density at radius 2 is 2.07 bits per heavy atom. The van der Waals surface area contributed by atoms with Gasteiger partial charge in [-0.25, -0.2) is 14.6 Å². The fourth-order valence-electron chi connectivity index (χ4n) is 3.58. The summed E-state index contributed by atoms with van der Waals surface area (Å²) in [6.07, 6.45) is 5.74. The van der Waals surface area contributed by atoms with Crippen molar-refractivity contribution < 1.29 is 4.74 Å². The molecule has 0 bridgehead atoms. The normalized spacial score (nSPS) is 22.3. The highest BCUT2D eigenvalue weighted by molar-refractivity contribution is 5.88. The third-order valence-corrected chi connectivity index (χ3v) is 5.14. The van der Waals surface area contributed by atoms with E-state index in [1.165, 1.54) is 0 Å². The van der Waals surface area contributed by atoms with Crippen molar-refractivity contribution >= 4 is 16.7 Å². The zero-order valence-corrected chi connectivity index (χ0v) is 15.0. The van der Waals surface area contributed by atoms with Crippen LogP contribution < -0.4 is 10.9 Å². The topological polar surface area (TPSA) is 94.8 Å². The van der Waals surface area contributed by atoms with E-state index in [0.29, 0.717) is 25.0 Å². The third-order valence-electron chi connectivity index (χ3n) is 5.14. The number of fused-ring (bicyclic) bond motifs is 1. The van der Waals surface area contributed by atoms with Crippen molar-refractivity contribution in [2.24, 2.45) is 0 Å². The molecular formula is C19H20N6O2. The molecule has 0 radical (unpaired) electrons. The summed E-state index contributed by atoms with van der Waals surface area (Å²) >= 11 is 0. The number of hydrogen-bond donors (Lipinski definition) is 1. The number of pyridine rings is 1. The number of aromatic nitrogens is 5. The molecular weight excluding hydrogens is 344 g/mol. The van der Waals surface area contributed by atoms with E-state index in [-0.39, 0.29) is 17.6 Å². The number of aryl methyl sites for hydroxylation is 1. The standard InChI is InChI=1S/C19H20N6O2/c1-11-21-15-8-20-7-6-13(15)19(22-11)23-16-9-27-10-17(16)25-18(26)5-4-14(24-25)12-2-3-12/h4-8,12,16-17H,2-3,9-10H2,1H3,(H,21,22,23). The first-order chi connectivity index (χ1) is 13.2. The monoisotopic (exact) mass is 364 g/mol. The first kappa shape index (κ1) is 16.3. The Labute approximate surface area is 155 Å². The van der Waals surface area contributed by atoms with Crippen LogP contribution in [-0.2, 0) is 4.74 Å². The number of hydrogen-bond acceptors (Lipinski definition) is 7. The van der Waals surface area contributed by atoms with Crippen molar-refractivity contribution in [3.8, 4) is 0 Å². The van der Waals surface area contributed by atoms with Crippen LogP contribution in [0.25, 0.3) is 10.9 Å². The molecule has 0 aromatic carbocycles. The molecule has 27 heavy (non-hydrogen) atoms. The molecule has 2 unspecified atom stereocenters. The number of anilines is 1. The van der Waals surface area contributed by atoms with E-state index in [1.54, 1.807) is 23.1 Å². The minimum Gasteiger partial charge on any atom is -0.377 e. The smallest absolute Gasteiger partial charge is 0.267 e.